The van der Waals surface area contributed by atoms with E-state index in [9.17, 15) is 9.59 Å². The van der Waals surface area contributed by atoms with Crippen LogP contribution in [-0.4, -0.2) is 44.2 Å². The molecule has 6 heteroatoms. The second kappa shape index (κ2) is 11.3. The van der Waals surface area contributed by atoms with Crippen LogP contribution in [0.15, 0.2) is 0 Å². The van der Waals surface area contributed by atoms with Crippen molar-refractivity contribution in [3.8, 4) is 0 Å². The highest BCUT2D eigenvalue weighted by molar-refractivity contribution is 5.85. The Hall–Kier alpha value is -1.14. The maximum Gasteiger partial charge on any atom is 0.315 e. The quantitative estimate of drug-likeness (QED) is 0.332. The number of esters is 2. The van der Waals surface area contributed by atoms with Crippen LogP contribution >= 0.6 is 0 Å². The number of carbonyl (C=O) groups is 2. The van der Waals surface area contributed by atoms with Crippen molar-refractivity contribution >= 4 is 11.9 Å². The summed E-state index contributed by atoms with van der Waals surface area (Å²) in [6.45, 7) is 13.2. The van der Waals surface area contributed by atoms with Crippen molar-refractivity contribution in [2.45, 2.75) is 104 Å². The number of rotatable bonds is 8. The van der Waals surface area contributed by atoms with Gasteiger partial charge in [-0.1, -0.05) is 54.4 Å². The van der Waals surface area contributed by atoms with Gasteiger partial charge in [-0.15, -0.1) is 0 Å². The molecule has 3 aliphatic carbocycles. The first kappa shape index (κ1) is 27.4. The minimum Gasteiger partial charge on any atom is -0.462 e. The minimum absolute atomic E-state index is 0.0995. The Labute approximate surface area is 206 Å². The molecular formula is C28H48O6. The van der Waals surface area contributed by atoms with Crippen LogP contribution in [0.5, 0.6) is 0 Å². The Kier molecular flexibility index (Phi) is 9.11. The largest absolute Gasteiger partial charge is 0.462 e. The van der Waals surface area contributed by atoms with E-state index in [0.717, 1.165) is 32.1 Å². The molecule has 0 aromatic carbocycles. The third-order valence-corrected chi connectivity index (χ3v) is 9.09. The number of carbonyl (C=O) groups excluding carboxylic acids is 2. The van der Waals surface area contributed by atoms with Crippen molar-refractivity contribution in [1.82, 2.24) is 0 Å². The van der Waals surface area contributed by atoms with Crippen LogP contribution in [0.3, 0.4) is 0 Å². The molecular weight excluding hydrogens is 432 g/mol. The maximum absolute atomic E-state index is 13.5. The molecule has 0 heterocycles. The summed E-state index contributed by atoms with van der Waals surface area (Å²) in [6, 6.07) is 0. The highest BCUT2D eigenvalue weighted by Crippen LogP contribution is 2.50. The third kappa shape index (κ3) is 5.64. The van der Waals surface area contributed by atoms with Gasteiger partial charge < -0.3 is 18.9 Å². The van der Waals surface area contributed by atoms with Gasteiger partial charge >= 0.3 is 11.9 Å². The van der Waals surface area contributed by atoms with Crippen LogP contribution in [-0.2, 0) is 28.5 Å². The van der Waals surface area contributed by atoms with Crippen molar-refractivity contribution in [2.75, 3.05) is 14.2 Å². The van der Waals surface area contributed by atoms with Crippen molar-refractivity contribution in [2.24, 2.45) is 47.3 Å². The van der Waals surface area contributed by atoms with Crippen molar-refractivity contribution < 1.29 is 28.5 Å². The Bertz CT molecular complexity index is 699. The van der Waals surface area contributed by atoms with E-state index >= 15 is 0 Å². The summed E-state index contributed by atoms with van der Waals surface area (Å²) in [6.07, 6.45) is 6.27. The summed E-state index contributed by atoms with van der Waals surface area (Å²) in [5, 5.41) is 0. The predicted octanol–water partition coefficient (Wildman–Crippen LogP) is 5.62. The molecule has 3 fully saturated rings. The van der Waals surface area contributed by atoms with E-state index in [1.165, 1.54) is 20.6 Å². The number of hydrogen-bond acceptors (Lipinski definition) is 6. The summed E-state index contributed by atoms with van der Waals surface area (Å²) < 4.78 is 23.6. The normalized spacial score (nSPS) is 37.8. The SMILES string of the molecule is COC1(OC)C[C@@H](C(=O)O[C@@H]2C[C@H](C)CC[C@H]2C(C)C)[C@@H]1C(=O)O[C@@H]1C[C@H](C)CC[C@H]1C(C)C. The average molecular weight is 481 g/mol. The summed E-state index contributed by atoms with van der Waals surface area (Å²) in [5.74, 6) is -0.613. The average Bonchev–Trinajstić information content (AvgIpc) is 2.73. The Morgan fingerprint density at radius 2 is 1.18 bits per heavy atom. The lowest BCUT2D eigenvalue weighted by atomic mass is 9.67. The second-order valence-corrected chi connectivity index (χ2v) is 12.1. The smallest absolute Gasteiger partial charge is 0.315 e. The van der Waals surface area contributed by atoms with E-state index in [4.69, 9.17) is 18.9 Å². The van der Waals surface area contributed by atoms with E-state index in [1.807, 2.05) is 0 Å². The van der Waals surface area contributed by atoms with Gasteiger partial charge in [-0.3, -0.25) is 9.59 Å². The standard InChI is InChI=1S/C28H48O6/c1-16(2)20-11-9-18(5)13-23(20)33-26(29)22-15-28(31-7,32-8)25(22)27(30)34-24-14-19(6)10-12-21(24)17(3)4/h16-25H,9-15H2,1-8H3/t18-,19-,20+,21+,22-,23-,24-,25-/m1/s1. The van der Waals surface area contributed by atoms with E-state index < -0.39 is 17.6 Å². The molecule has 34 heavy (non-hydrogen) atoms. The van der Waals surface area contributed by atoms with E-state index in [0.29, 0.717) is 41.9 Å². The molecule has 3 aliphatic rings. The van der Waals surface area contributed by atoms with Crippen LogP contribution in [0.1, 0.15) is 86.5 Å². The number of methoxy groups -OCH3 is 2. The summed E-state index contributed by atoms with van der Waals surface area (Å²) >= 11 is 0. The molecule has 0 amide bonds. The van der Waals surface area contributed by atoms with E-state index in [1.54, 1.807) is 0 Å². The van der Waals surface area contributed by atoms with Gasteiger partial charge in [0.2, 0.25) is 0 Å². The zero-order chi connectivity index (χ0) is 25.2. The van der Waals surface area contributed by atoms with Crippen LogP contribution in [0.25, 0.3) is 0 Å². The Morgan fingerprint density at radius 1 is 0.735 bits per heavy atom. The maximum atomic E-state index is 13.5. The van der Waals surface area contributed by atoms with Gasteiger partial charge in [-0.25, -0.2) is 0 Å². The molecule has 3 rings (SSSR count). The molecule has 0 radical (unpaired) electrons. The van der Waals surface area contributed by atoms with Crippen LogP contribution in [0.4, 0.5) is 0 Å². The molecule has 196 valence electrons. The van der Waals surface area contributed by atoms with Gasteiger partial charge in [-0.2, -0.15) is 0 Å². The first-order valence-corrected chi connectivity index (χ1v) is 13.5. The highest BCUT2D eigenvalue weighted by atomic mass is 16.7. The van der Waals surface area contributed by atoms with Crippen molar-refractivity contribution in [3.05, 3.63) is 0 Å². The molecule has 0 aliphatic heterocycles. The second-order valence-electron chi connectivity index (χ2n) is 12.1. The molecule has 0 aromatic heterocycles. The lowest BCUT2D eigenvalue weighted by Gasteiger charge is -2.50. The highest BCUT2D eigenvalue weighted by Gasteiger charge is 2.64. The zero-order valence-corrected chi connectivity index (χ0v) is 22.7. The van der Waals surface area contributed by atoms with Crippen LogP contribution in [0, 0.1) is 47.3 Å². The Balaban J connectivity index is 1.74. The van der Waals surface area contributed by atoms with Crippen molar-refractivity contribution in [1.29, 1.82) is 0 Å². The van der Waals surface area contributed by atoms with Gasteiger partial charge in [0.15, 0.2) is 5.79 Å². The van der Waals surface area contributed by atoms with Crippen LogP contribution < -0.4 is 0 Å². The molecule has 0 spiro atoms. The molecule has 0 aromatic rings. The van der Waals surface area contributed by atoms with E-state index in [-0.39, 0.29) is 24.1 Å². The van der Waals surface area contributed by atoms with Crippen LogP contribution in [0.2, 0.25) is 0 Å². The van der Waals surface area contributed by atoms with Gasteiger partial charge in [0.1, 0.15) is 18.1 Å². The zero-order valence-electron chi connectivity index (χ0n) is 22.7. The van der Waals surface area contributed by atoms with Gasteiger partial charge in [0.25, 0.3) is 0 Å². The summed E-state index contributed by atoms with van der Waals surface area (Å²) in [7, 11) is 3.06. The fourth-order valence-electron chi connectivity index (χ4n) is 6.72. The first-order chi connectivity index (χ1) is 16.0. The predicted molar refractivity (Wildman–Crippen MR) is 131 cm³/mol. The molecule has 0 bridgehead atoms. The summed E-state index contributed by atoms with van der Waals surface area (Å²) in [5.41, 5.74) is 0. The van der Waals surface area contributed by atoms with E-state index in [2.05, 4.69) is 41.5 Å². The van der Waals surface area contributed by atoms with Gasteiger partial charge in [-0.05, 0) is 61.2 Å². The number of ether oxygens (including phenoxy) is 4. The third-order valence-electron chi connectivity index (χ3n) is 9.09. The summed E-state index contributed by atoms with van der Waals surface area (Å²) in [4.78, 5) is 26.9. The first-order valence-electron chi connectivity index (χ1n) is 13.5. The lowest BCUT2D eigenvalue weighted by Crippen LogP contribution is -2.63. The Morgan fingerprint density at radius 3 is 1.59 bits per heavy atom. The fourth-order valence-corrected chi connectivity index (χ4v) is 6.72. The minimum atomic E-state index is -1.13. The van der Waals surface area contributed by atoms with Gasteiger partial charge in [0, 0.05) is 20.6 Å². The molecule has 3 saturated carbocycles. The fraction of sp³-hybridized carbons (Fsp3) is 0.929. The molecule has 0 unspecified atom stereocenters. The molecule has 6 nitrogen and oxygen atoms in total. The molecule has 0 saturated heterocycles. The monoisotopic (exact) mass is 480 g/mol. The van der Waals surface area contributed by atoms with Crippen molar-refractivity contribution in [3.63, 3.8) is 0 Å². The molecule has 0 N–H and O–H groups in total. The molecule has 8 atom stereocenters. The van der Waals surface area contributed by atoms with Gasteiger partial charge in [0.05, 0.1) is 5.92 Å². The number of hydrogen-bond donors (Lipinski definition) is 0. The lowest BCUT2D eigenvalue weighted by molar-refractivity contribution is -0.308. The topological polar surface area (TPSA) is 71.1 Å².